The van der Waals surface area contributed by atoms with E-state index in [1.165, 1.54) is 17.2 Å². The van der Waals surface area contributed by atoms with Crippen LogP contribution in [-0.2, 0) is 9.84 Å². The highest BCUT2D eigenvalue weighted by Gasteiger charge is 2.08. The summed E-state index contributed by atoms with van der Waals surface area (Å²) in [6.45, 7) is 1.92. The first kappa shape index (κ1) is 11.3. The molecule has 2 nitrogen and oxygen atoms in total. The lowest BCUT2D eigenvalue weighted by molar-refractivity contribution is 0.604. The van der Waals surface area contributed by atoms with E-state index < -0.39 is 9.84 Å². The molecule has 0 saturated carbocycles. The fourth-order valence-electron chi connectivity index (χ4n) is 0.935. The van der Waals surface area contributed by atoms with E-state index in [1.54, 1.807) is 29.7 Å². The van der Waals surface area contributed by atoms with Crippen LogP contribution in [0.4, 0.5) is 0 Å². The number of benzene rings is 1. The van der Waals surface area contributed by atoms with Gasteiger partial charge in [0.05, 0.1) is 4.90 Å². The Hall–Kier alpha value is -0.740. The first-order valence-electron chi connectivity index (χ1n) is 4.07. The second-order valence-electron chi connectivity index (χ2n) is 2.87. The molecule has 1 rings (SSSR count). The van der Waals surface area contributed by atoms with Gasteiger partial charge in [0.1, 0.15) is 0 Å². The van der Waals surface area contributed by atoms with Gasteiger partial charge in [-0.2, -0.15) is 0 Å². The van der Waals surface area contributed by atoms with E-state index in [0.717, 1.165) is 5.56 Å². The summed E-state index contributed by atoms with van der Waals surface area (Å²) in [4.78, 5) is 0.341. The molecule has 14 heavy (non-hydrogen) atoms. The summed E-state index contributed by atoms with van der Waals surface area (Å²) >= 11 is 1.37. The topological polar surface area (TPSA) is 34.1 Å². The Kier molecular flexibility index (Phi) is 3.77. The van der Waals surface area contributed by atoms with Gasteiger partial charge in [0, 0.05) is 5.41 Å². The van der Waals surface area contributed by atoms with Crippen LogP contribution in [0.1, 0.15) is 5.56 Å². The van der Waals surface area contributed by atoms with Gasteiger partial charge in [-0.1, -0.05) is 17.7 Å². The molecule has 0 atom stereocenters. The molecule has 4 heteroatoms. The summed E-state index contributed by atoms with van der Waals surface area (Å²) in [7, 11) is -3.24. The first-order valence-corrected chi connectivity index (χ1v) is 6.91. The fraction of sp³-hybridized carbons (Fsp3) is 0.200. The molecular formula is C10H12O2S2. The zero-order chi connectivity index (χ0) is 10.6. The van der Waals surface area contributed by atoms with Crippen molar-refractivity contribution < 1.29 is 8.42 Å². The zero-order valence-corrected chi connectivity index (χ0v) is 9.73. The quantitative estimate of drug-likeness (QED) is 0.797. The number of hydrogen-bond donors (Lipinski definition) is 0. The minimum atomic E-state index is -3.24. The summed E-state index contributed by atoms with van der Waals surface area (Å²) in [5.74, 6) is 0. The molecule has 0 aliphatic rings. The smallest absolute Gasteiger partial charge is 0.200 e. The predicted molar refractivity (Wildman–Crippen MR) is 61.0 cm³/mol. The largest absolute Gasteiger partial charge is 0.219 e. The number of hydrogen-bond acceptors (Lipinski definition) is 3. The SMILES string of the molecule is CS/C=C\S(=O)(=O)c1ccc(C)cc1. The van der Waals surface area contributed by atoms with Gasteiger partial charge >= 0.3 is 0 Å². The molecule has 0 amide bonds. The lowest BCUT2D eigenvalue weighted by Crippen LogP contribution is -1.95. The zero-order valence-electron chi connectivity index (χ0n) is 8.10. The maximum atomic E-state index is 11.6. The second kappa shape index (κ2) is 4.66. The molecule has 0 radical (unpaired) electrons. The third-order valence-electron chi connectivity index (χ3n) is 1.72. The van der Waals surface area contributed by atoms with E-state index in [9.17, 15) is 8.42 Å². The third kappa shape index (κ3) is 2.89. The van der Waals surface area contributed by atoms with Gasteiger partial charge in [-0.15, -0.1) is 11.8 Å². The maximum Gasteiger partial charge on any atom is 0.200 e. The molecule has 1 aromatic carbocycles. The first-order chi connectivity index (χ1) is 6.56. The Morgan fingerprint density at radius 2 is 1.79 bits per heavy atom. The van der Waals surface area contributed by atoms with Gasteiger partial charge in [0.25, 0.3) is 0 Å². The Labute approximate surface area is 89.0 Å². The van der Waals surface area contributed by atoms with E-state index in [2.05, 4.69) is 0 Å². The van der Waals surface area contributed by atoms with Gasteiger partial charge in [0.2, 0.25) is 0 Å². The minimum Gasteiger partial charge on any atom is -0.219 e. The Morgan fingerprint density at radius 1 is 1.21 bits per heavy atom. The van der Waals surface area contributed by atoms with E-state index in [-0.39, 0.29) is 0 Å². The van der Waals surface area contributed by atoms with E-state index >= 15 is 0 Å². The molecule has 0 aliphatic heterocycles. The van der Waals surface area contributed by atoms with Crippen LogP contribution in [0.15, 0.2) is 40.0 Å². The maximum absolute atomic E-state index is 11.6. The van der Waals surface area contributed by atoms with E-state index in [1.807, 2.05) is 13.2 Å². The van der Waals surface area contributed by atoms with Crippen LogP contribution in [0.25, 0.3) is 0 Å². The van der Waals surface area contributed by atoms with Crippen LogP contribution < -0.4 is 0 Å². The van der Waals surface area contributed by atoms with Crippen molar-refractivity contribution in [1.82, 2.24) is 0 Å². The molecule has 0 saturated heterocycles. The van der Waals surface area contributed by atoms with Crippen LogP contribution in [0.3, 0.4) is 0 Å². The fourth-order valence-corrected chi connectivity index (χ4v) is 2.64. The molecule has 0 spiro atoms. The van der Waals surface area contributed by atoms with Crippen LogP contribution in [0.2, 0.25) is 0 Å². The lowest BCUT2D eigenvalue weighted by atomic mass is 10.2. The molecule has 1 aromatic rings. The summed E-state index contributed by atoms with van der Waals surface area (Å²) < 4.78 is 23.2. The normalized spacial score (nSPS) is 12.1. The molecule has 0 bridgehead atoms. The summed E-state index contributed by atoms with van der Waals surface area (Å²) in [5, 5.41) is 2.79. The highest BCUT2D eigenvalue weighted by atomic mass is 32.2. The molecule has 0 heterocycles. The van der Waals surface area contributed by atoms with Crippen LogP contribution in [-0.4, -0.2) is 14.7 Å². The Bertz CT molecular complexity index is 416. The van der Waals surface area contributed by atoms with E-state index in [4.69, 9.17) is 0 Å². The van der Waals surface area contributed by atoms with Crippen LogP contribution in [0, 0.1) is 6.92 Å². The molecular weight excluding hydrogens is 216 g/mol. The van der Waals surface area contributed by atoms with E-state index in [0.29, 0.717) is 4.90 Å². The summed E-state index contributed by atoms with van der Waals surface area (Å²) in [6.07, 6.45) is 1.82. The predicted octanol–water partition coefficient (Wildman–Crippen LogP) is 2.60. The van der Waals surface area contributed by atoms with Crippen molar-refractivity contribution >= 4 is 21.6 Å². The summed E-state index contributed by atoms with van der Waals surface area (Å²) in [6, 6.07) is 6.82. The highest BCUT2D eigenvalue weighted by Crippen LogP contribution is 2.14. The van der Waals surface area contributed by atoms with Crippen molar-refractivity contribution in [2.75, 3.05) is 6.26 Å². The van der Waals surface area contributed by atoms with Crippen molar-refractivity contribution in [2.45, 2.75) is 11.8 Å². The number of thioether (sulfide) groups is 1. The standard InChI is InChI=1S/C10H12O2S2/c1-9-3-5-10(6-4-9)14(11,12)8-7-13-2/h3-8H,1-2H3/b8-7-. The molecule has 0 N–H and O–H groups in total. The van der Waals surface area contributed by atoms with Gasteiger partial charge in [0.15, 0.2) is 9.84 Å². The Morgan fingerprint density at radius 3 is 2.29 bits per heavy atom. The van der Waals surface area contributed by atoms with Crippen molar-refractivity contribution in [3.8, 4) is 0 Å². The average Bonchev–Trinajstić information content (AvgIpc) is 2.16. The van der Waals surface area contributed by atoms with Crippen LogP contribution >= 0.6 is 11.8 Å². The van der Waals surface area contributed by atoms with Gasteiger partial charge < -0.3 is 0 Å². The molecule has 0 aliphatic carbocycles. The minimum absolute atomic E-state index is 0.341. The van der Waals surface area contributed by atoms with Gasteiger partial charge in [-0.05, 0) is 30.7 Å². The number of rotatable bonds is 3. The molecule has 76 valence electrons. The van der Waals surface area contributed by atoms with Crippen molar-refractivity contribution in [2.24, 2.45) is 0 Å². The second-order valence-corrected chi connectivity index (χ2v) is 5.44. The van der Waals surface area contributed by atoms with Gasteiger partial charge in [-0.25, -0.2) is 8.42 Å². The highest BCUT2D eigenvalue weighted by molar-refractivity contribution is 8.02. The monoisotopic (exact) mass is 228 g/mol. The molecule has 0 fully saturated rings. The Balaban J connectivity index is 3.05. The van der Waals surface area contributed by atoms with Crippen molar-refractivity contribution in [3.63, 3.8) is 0 Å². The van der Waals surface area contributed by atoms with Gasteiger partial charge in [-0.3, -0.25) is 0 Å². The van der Waals surface area contributed by atoms with Crippen LogP contribution in [0.5, 0.6) is 0 Å². The third-order valence-corrected chi connectivity index (χ3v) is 3.72. The molecule has 0 aromatic heterocycles. The average molecular weight is 228 g/mol. The summed E-state index contributed by atoms with van der Waals surface area (Å²) in [5.41, 5.74) is 1.05. The lowest BCUT2D eigenvalue weighted by Gasteiger charge is -1.98. The van der Waals surface area contributed by atoms with Crippen molar-refractivity contribution in [3.05, 3.63) is 40.6 Å². The number of aryl methyl sites for hydroxylation is 1. The van der Waals surface area contributed by atoms with Crippen molar-refractivity contribution in [1.29, 1.82) is 0 Å². The number of sulfone groups is 1. The molecule has 0 unspecified atom stereocenters.